The Labute approximate surface area is 158 Å². The van der Waals surface area contributed by atoms with Gasteiger partial charge >= 0.3 is 0 Å². The van der Waals surface area contributed by atoms with Crippen molar-refractivity contribution in [3.8, 4) is 0 Å². The fraction of sp³-hybridized carbons (Fsp3) is 0.450. The van der Waals surface area contributed by atoms with Gasteiger partial charge in [-0.3, -0.25) is 9.59 Å². The number of anilines is 1. The minimum absolute atomic E-state index is 0.160. The molecule has 1 aromatic heterocycles. The van der Waals surface area contributed by atoms with Crippen molar-refractivity contribution in [1.29, 1.82) is 0 Å². The molecule has 2 heterocycles. The first-order valence-electron chi connectivity index (χ1n) is 9.43. The van der Waals surface area contributed by atoms with Crippen LogP contribution < -0.4 is 5.32 Å². The van der Waals surface area contributed by atoms with Gasteiger partial charge in [0.2, 0.25) is 0 Å². The molecule has 0 bridgehead atoms. The van der Waals surface area contributed by atoms with E-state index in [-0.39, 0.29) is 23.3 Å². The highest BCUT2D eigenvalue weighted by molar-refractivity contribution is 6.05. The van der Waals surface area contributed by atoms with Crippen molar-refractivity contribution in [1.82, 2.24) is 14.5 Å². The van der Waals surface area contributed by atoms with Gasteiger partial charge in [-0.05, 0) is 49.9 Å². The number of rotatable bonds is 6. The summed E-state index contributed by atoms with van der Waals surface area (Å²) in [5, 5.41) is 2.74. The monoisotopic (exact) mass is 372 g/mol. The van der Waals surface area contributed by atoms with Crippen molar-refractivity contribution in [2.45, 2.75) is 45.6 Å². The minimum atomic E-state index is -0.373. The van der Waals surface area contributed by atoms with Crippen molar-refractivity contribution < 1.29 is 14.0 Å². The van der Waals surface area contributed by atoms with E-state index < -0.39 is 0 Å². The molecule has 27 heavy (non-hydrogen) atoms. The van der Waals surface area contributed by atoms with Gasteiger partial charge in [-0.25, -0.2) is 9.37 Å². The van der Waals surface area contributed by atoms with Crippen LogP contribution >= 0.6 is 0 Å². The number of hydrogen-bond donors (Lipinski definition) is 1. The summed E-state index contributed by atoms with van der Waals surface area (Å²) >= 11 is 0. The molecule has 0 radical (unpaired) electrons. The van der Waals surface area contributed by atoms with E-state index in [2.05, 4.69) is 17.2 Å². The third kappa shape index (κ3) is 4.18. The summed E-state index contributed by atoms with van der Waals surface area (Å²) < 4.78 is 14.9. The summed E-state index contributed by atoms with van der Waals surface area (Å²) in [5.74, 6) is -0.571. The first-order valence-corrected chi connectivity index (χ1v) is 9.43. The lowest BCUT2D eigenvalue weighted by atomic mass is 10.1. The molecule has 1 aliphatic heterocycles. The fourth-order valence-electron chi connectivity index (χ4n) is 3.28. The number of unbranched alkanes of at least 4 members (excludes halogenated alkanes) is 1. The zero-order chi connectivity index (χ0) is 19.4. The Kier molecular flexibility index (Phi) is 5.88. The molecule has 144 valence electrons. The molecule has 7 heteroatoms. The van der Waals surface area contributed by atoms with Gasteiger partial charge in [0.25, 0.3) is 11.8 Å². The number of carbonyl (C=O) groups is 2. The number of aromatic nitrogens is 2. The number of benzene rings is 1. The smallest absolute Gasteiger partial charge is 0.289 e. The first-order chi connectivity index (χ1) is 13.0. The van der Waals surface area contributed by atoms with Gasteiger partial charge in [-0.1, -0.05) is 13.3 Å². The Morgan fingerprint density at radius 3 is 2.70 bits per heavy atom. The van der Waals surface area contributed by atoms with Crippen LogP contribution in [0.4, 0.5) is 10.1 Å². The van der Waals surface area contributed by atoms with Gasteiger partial charge in [0.15, 0.2) is 11.5 Å². The van der Waals surface area contributed by atoms with E-state index in [9.17, 15) is 14.0 Å². The second-order valence-corrected chi connectivity index (χ2v) is 6.88. The maximum Gasteiger partial charge on any atom is 0.289 e. The minimum Gasteiger partial charge on any atom is -0.339 e. The Bertz CT molecular complexity index is 829. The van der Waals surface area contributed by atoms with Crippen LogP contribution in [0.1, 0.15) is 59.4 Å². The Hall–Kier alpha value is -2.70. The zero-order valence-electron chi connectivity index (χ0n) is 15.8. The Morgan fingerprint density at radius 1 is 1.26 bits per heavy atom. The van der Waals surface area contributed by atoms with Gasteiger partial charge < -0.3 is 14.8 Å². The highest BCUT2D eigenvalue weighted by Gasteiger charge is 2.28. The van der Waals surface area contributed by atoms with Crippen LogP contribution in [0, 0.1) is 5.82 Å². The highest BCUT2D eigenvalue weighted by Crippen LogP contribution is 2.23. The van der Waals surface area contributed by atoms with E-state index in [0.29, 0.717) is 31.0 Å². The SMILES string of the molecule is CCCCN(C)C(=O)c1nc(C(=O)Nc2ccc(F)cc2)c2n1CCCC2. The highest BCUT2D eigenvalue weighted by atomic mass is 19.1. The molecule has 0 spiro atoms. The van der Waals surface area contributed by atoms with Crippen LogP contribution in [0.25, 0.3) is 0 Å². The lowest BCUT2D eigenvalue weighted by Gasteiger charge is -2.20. The van der Waals surface area contributed by atoms with Crippen molar-refractivity contribution in [2.24, 2.45) is 0 Å². The van der Waals surface area contributed by atoms with E-state index in [1.54, 1.807) is 11.9 Å². The molecule has 0 saturated heterocycles. The van der Waals surface area contributed by atoms with Crippen LogP contribution in [0.2, 0.25) is 0 Å². The number of imidazole rings is 1. The second-order valence-electron chi connectivity index (χ2n) is 6.88. The standard InChI is InChI=1S/C20H25FN4O2/c1-3-4-12-24(2)20(27)18-23-17(16-7-5-6-13-25(16)18)19(26)22-15-10-8-14(21)9-11-15/h8-11H,3-7,12-13H2,1-2H3,(H,22,26). The number of amides is 2. The van der Waals surface area contributed by atoms with Crippen LogP contribution in [0.15, 0.2) is 24.3 Å². The van der Waals surface area contributed by atoms with Gasteiger partial charge in [0.1, 0.15) is 5.82 Å². The maximum atomic E-state index is 13.1. The summed E-state index contributed by atoms with van der Waals surface area (Å²) in [6.45, 7) is 3.43. The normalized spacial score (nSPS) is 13.1. The number of fused-ring (bicyclic) bond motifs is 1. The van der Waals surface area contributed by atoms with Gasteiger partial charge in [-0.15, -0.1) is 0 Å². The number of nitrogens with zero attached hydrogens (tertiary/aromatic N) is 3. The molecule has 2 amide bonds. The predicted octanol–water partition coefficient (Wildman–Crippen LogP) is 3.48. The molecule has 0 unspecified atom stereocenters. The fourth-order valence-corrected chi connectivity index (χ4v) is 3.28. The van der Waals surface area contributed by atoms with E-state index in [1.807, 2.05) is 4.57 Å². The Morgan fingerprint density at radius 2 is 2.00 bits per heavy atom. The van der Waals surface area contributed by atoms with Crippen molar-refractivity contribution in [3.63, 3.8) is 0 Å². The number of carbonyl (C=O) groups excluding carboxylic acids is 2. The number of nitrogens with one attached hydrogen (secondary N) is 1. The van der Waals surface area contributed by atoms with Crippen LogP contribution in [-0.4, -0.2) is 39.9 Å². The summed E-state index contributed by atoms with van der Waals surface area (Å²) in [4.78, 5) is 31.6. The first kappa shape index (κ1) is 19.1. The third-order valence-corrected chi connectivity index (χ3v) is 4.82. The van der Waals surface area contributed by atoms with E-state index in [1.165, 1.54) is 24.3 Å². The van der Waals surface area contributed by atoms with E-state index in [0.717, 1.165) is 31.4 Å². The molecular formula is C20H25FN4O2. The summed E-state index contributed by atoms with van der Waals surface area (Å²) in [6, 6.07) is 5.58. The molecular weight excluding hydrogens is 347 g/mol. The Balaban J connectivity index is 1.87. The summed E-state index contributed by atoms with van der Waals surface area (Å²) in [6.07, 6.45) is 4.56. The van der Waals surface area contributed by atoms with Crippen LogP contribution in [0.3, 0.4) is 0 Å². The predicted molar refractivity (Wildman–Crippen MR) is 101 cm³/mol. The van der Waals surface area contributed by atoms with E-state index >= 15 is 0 Å². The maximum absolute atomic E-state index is 13.1. The summed E-state index contributed by atoms with van der Waals surface area (Å²) in [5.41, 5.74) is 1.58. The lowest BCUT2D eigenvalue weighted by Crippen LogP contribution is -2.31. The topological polar surface area (TPSA) is 67.2 Å². The van der Waals surface area contributed by atoms with Gasteiger partial charge in [0, 0.05) is 25.8 Å². The number of halogens is 1. The molecule has 0 fully saturated rings. The molecule has 2 aromatic rings. The van der Waals surface area contributed by atoms with Crippen molar-refractivity contribution in [2.75, 3.05) is 18.9 Å². The van der Waals surface area contributed by atoms with Crippen molar-refractivity contribution in [3.05, 3.63) is 47.3 Å². The largest absolute Gasteiger partial charge is 0.339 e. The average molecular weight is 372 g/mol. The third-order valence-electron chi connectivity index (χ3n) is 4.82. The molecule has 1 aromatic carbocycles. The van der Waals surface area contributed by atoms with Gasteiger partial charge in [-0.2, -0.15) is 0 Å². The molecule has 0 aliphatic carbocycles. The molecule has 0 atom stereocenters. The molecule has 1 aliphatic rings. The molecule has 1 N–H and O–H groups in total. The molecule has 6 nitrogen and oxygen atoms in total. The van der Waals surface area contributed by atoms with Gasteiger partial charge in [0.05, 0.1) is 5.69 Å². The average Bonchev–Trinajstić information content (AvgIpc) is 3.07. The van der Waals surface area contributed by atoms with Crippen molar-refractivity contribution >= 4 is 17.5 Å². The van der Waals surface area contributed by atoms with Crippen LogP contribution in [-0.2, 0) is 13.0 Å². The van der Waals surface area contributed by atoms with Crippen LogP contribution in [0.5, 0.6) is 0 Å². The zero-order valence-corrected chi connectivity index (χ0v) is 15.8. The summed E-state index contributed by atoms with van der Waals surface area (Å²) in [7, 11) is 1.76. The second kappa shape index (κ2) is 8.33. The number of hydrogen-bond acceptors (Lipinski definition) is 3. The molecule has 0 saturated carbocycles. The quantitative estimate of drug-likeness (QED) is 0.844. The van der Waals surface area contributed by atoms with E-state index in [4.69, 9.17) is 0 Å². The lowest BCUT2D eigenvalue weighted by molar-refractivity contribution is 0.0775. The molecule has 3 rings (SSSR count).